The Morgan fingerprint density at radius 2 is 1.82 bits per heavy atom. The summed E-state index contributed by atoms with van der Waals surface area (Å²) in [5.41, 5.74) is 5.15. The Hall–Kier alpha value is -0.840. The van der Waals surface area contributed by atoms with Gasteiger partial charge in [0.15, 0.2) is 0 Å². The zero-order chi connectivity index (χ0) is 12.4. The molecule has 0 amide bonds. The number of aryl methyl sites for hydroxylation is 1. The highest BCUT2D eigenvalue weighted by atomic mass is 127. The Kier molecular flexibility index (Phi) is 3.86. The van der Waals surface area contributed by atoms with Gasteiger partial charge in [0, 0.05) is 9.26 Å². The first kappa shape index (κ1) is 12.6. The van der Waals surface area contributed by atoms with Crippen LogP contribution in [0.1, 0.15) is 29.4 Å². The van der Waals surface area contributed by atoms with Crippen LogP contribution in [-0.4, -0.2) is 9.78 Å². The van der Waals surface area contributed by atoms with E-state index in [0.29, 0.717) is 0 Å². The van der Waals surface area contributed by atoms with E-state index in [0.717, 1.165) is 18.7 Å². The van der Waals surface area contributed by atoms with Crippen LogP contribution in [0.15, 0.2) is 24.3 Å². The van der Waals surface area contributed by atoms with Crippen LogP contribution in [0.2, 0.25) is 0 Å². The van der Waals surface area contributed by atoms with Gasteiger partial charge in [-0.2, -0.15) is 5.10 Å². The first-order valence-corrected chi connectivity index (χ1v) is 6.97. The smallest absolute Gasteiger partial charge is 0.0662 e. The van der Waals surface area contributed by atoms with Gasteiger partial charge in [0.2, 0.25) is 0 Å². The van der Waals surface area contributed by atoms with Gasteiger partial charge in [-0.25, -0.2) is 0 Å². The number of nitrogens with zero attached hydrogens (tertiary/aromatic N) is 2. The van der Waals surface area contributed by atoms with Gasteiger partial charge in [-0.1, -0.05) is 19.1 Å². The molecule has 2 nitrogen and oxygen atoms in total. The van der Waals surface area contributed by atoms with Gasteiger partial charge in [0.1, 0.15) is 0 Å². The first-order valence-electron chi connectivity index (χ1n) is 5.89. The highest BCUT2D eigenvalue weighted by molar-refractivity contribution is 14.1. The molecular formula is C14H17IN2. The van der Waals surface area contributed by atoms with E-state index in [4.69, 9.17) is 0 Å². The molecule has 0 aliphatic carbocycles. The van der Waals surface area contributed by atoms with Crippen molar-refractivity contribution in [1.82, 2.24) is 9.78 Å². The predicted octanol–water partition coefficient (Wildman–Crippen LogP) is 3.72. The lowest BCUT2D eigenvalue weighted by Gasteiger charge is -2.05. The molecule has 0 N–H and O–H groups in total. The minimum Gasteiger partial charge on any atom is -0.265 e. The maximum Gasteiger partial charge on any atom is 0.0662 e. The highest BCUT2D eigenvalue weighted by Crippen LogP contribution is 2.15. The fraction of sp³-hybridized carbons (Fsp3) is 0.357. The standard InChI is InChI=1S/C14H17IN2/c1-4-14-10(2)16-17(11(14)3)9-12-5-7-13(15)8-6-12/h5-8H,4,9H2,1-3H3. The molecule has 3 heteroatoms. The molecule has 1 heterocycles. The Bertz CT molecular complexity index is 512. The molecule has 0 saturated carbocycles. The number of hydrogen-bond donors (Lipinski definition) is 0. The molecule has 0 fully saturated rings. The molecule has 2 aromatic rings. The summed E-state index contributed by atoms with van der Waals surface area (Å²) < 4.78 is 3.38. The van der Waals surface area contributed by atoms with Crippen LogP contribution in [0, 0.1) is 17.4 Å². The highest BCUT2D eigenvalue weighted by Gasteiger charge is 2.09. The van der Waals surface area contributed by atoms with E-state index in [1.165, 1.54) is 20.4 Å². The third-order valence-corrected chi connectivity index (χ3v) is 3.85. The van der Waals surface area contributed by atoms with Crippen LogP contribution >= 0.6 is 22.6 Å². The zero-order valence-corrected chi connectivity index (χ0v) is 12.7. The van der Waals surface area contributed by atoms with E-state index in [1.54, 1.807) is 0 Å². The number of halogens is 1. The Balaban J connectivity index is 2.27. The van der Waals surface area contributed by atoms with Crippen molar-refractivity contribution in [1.29, 1.82) is 0 Å². The molecule has 90 valence electrons. The zero-order valence-electron chi connectivity index (χ0n) is 10.5. The topological polar surface area (TPSA) is 17.8 Å². The summed E-state index contributed by atoms with van der Waals surface area (Å²) in [5, 5.41) is 4.61. The Labute approximate surface area is 116 Å². The number of aromatic nitrogens is 2. The van der Waals surface area contributed by atoms with Crippen LogP contribution in [0.4, 0.5) is 0 Å². The van der Waals surface area contributed by atoms with Crippen LogP contribution in [-0.2, 0) is 13.0 Å². The summed E-state index contributed by atoms with van der Waals surface area (Å²) >= 11 is 2.33. The Morgan fingerprint density at radius 1 is 1.18 bits per heavy atom. The second-order valence-corrected chi connectivity index (χ2v) is 5.53. The molecule has 1 aromatic heterocycles. The summed E-state index contributed by atoms with van der Waals surface area (Å²) in [7, 11) is 0. The lowest BCUT2D eigenvalue weighted by atomic mass is 10.1. The van der Waals surface area contributed by atoms with Crippen molar-refractivity contribution in [3.05, 3.63) is 50.4 Å². The van der Waals surface area contributed by atoms with Crippen molar-refractivity contribution >= 4 is 22.6 Å². The summed E-state index contributed by atoms with van der Waals surface area (Å²) in [6.45, 7) is 7.30. The van der Waals surface area contributed by atoms with Gasteiger partial charge in [-0.15, -0.1) is 0 Å². The average Bonchev–Trinajstić information content (AvgIpc) is 2.57. The molecular weight excluding hydrogens is 323 g/mol. The molecule has 0 unspecified atom stereocenters. The molecule has 0 aliphatic heterocycles. The second-order valence-electron chi connectivity index (χ2n) is 4.29. The molecule has 2 rings (SSSR count). The van der Waals surface area contributed by atoms with Gasteiger partial charge < -0.3 is 0 Å². The molecule has 0 radical (unpaired) electrons. The normalized spacial score (nSPS) is 10.8. The summed E-state index contributed by atoms with van der Waals surface area (Å²) in [6, 6.07) is 8.62. The van der Waals surface area contributed by atoms with E-state index in [-0.39, 0.29) is 0 Å². The summed E-state index contributed by atoms with van der Waals surface area (Å²) in [4.78, 5) is 0. The number of benzene rings is 1. The molecule has 1 aromatic carbocycles. The first-order chi connectivity index (χ1) is 8.11. The number of hydrogen-bond acceptors (Lipinski definition) is 1. The summed E-state index contributed by atoms with van der Waals surface area (Å²) in [5.74, 6) is 0. The minimum absolute atomic E-state index is 0.865. The maximum absolute atomic E-state index is 4.61. The molecule has 0 saturated heterocycles. The fourth-order valence-corrected chi connectivity index (χ4v) is 2.52. The van der Waals surface area contributed by atoms with E-state index >= 15 is 0 Å². The van der Waals surface area contributed by atoms with Gasteiger partial charge in [0.05, 0.1) is 12.2 Å². The molecule has 0 aliphatic rings. The van der Waals surface area contributed by atoms with E-state index in [2.05, 4.69) is 77.4 Å². The molecule has 17 heavy (non-hydrogen) atoms. The van der Waals surface area contributed by atoms with E-state index in [9.17, 15) is 0 Å². The lowest BCUT2D eigenvalue weighted by Crippen LogP contribution is -2.04. The van der Waals surface area contributed by atoms with Crippen LogP contribution in [0.25, 0.3) is 0 Å². The number of rotatable bonds is 3. The predicted molar refractivity (Wildman–Crippen MR) is 79.3 cm³/mol. The quantitative estimate of drug-likeness (QED) is 0.779. The lowest BCUT2D eigenvalue weighted by molar-refractivity contribution is 0.658. The summed E-state index contributed by atoms with van der Waals surface area (Å²) in [6.07, 6.45) is 1.06. The van der Waals surface area contributed by atoms with Crippen LogP contribution in [0.5, 0.6) is 0 Å². The largest absolute Gasteiger partial charge is 0.265 e. The van der Waals surface area contributed by atoms with Gasteiger partial charge in [-0.3, -0.25) is 4.68 Å². The van der Waals surface area contributed by atoms with Crippen molar-refractivity contribution in [2.75, 3.05) is 0 Å². The van der Waals surface area contributed by atoms with Crippen LogP contribution < -0.4 is 0 Å². The van der Waals surface area contributed by atoms with Crippen molar-refractivity contribution < 1.29 is 0 Å². The van der Waals surface area contributed by atoms with Gasteiger partial charge in [0.25, 0.3) is 0 Å². The van der Waals surface area contributed by atoms with E-state index < -0.39 is 0 Å². The van der Waals surface area contributed by atoms with Crippen LogP contribution in [0.3, 0.4) is 0 Å². The van der Waals surface area contributed by atoms with Crippen molar-refractivity contribution in [2.45, 2.75) is 33.7 Å². The van der Waals surface area contributed by atoms with E-state index in [1.807, 2.05) is 0 Å². The monoisotopic (exact) mass is 340 g/mol. The SMILES string of the molecule is CCc1c(C)nn(Cc2ccc(I)cc2)c1C. The average molecular weight is 340 g/mol. The van der Waals surface area contributed by atoms with Crippen molar-refractivity contribution in [3.8, 4) is 0 Å². The van der Waals surface area contributed by atoms with Gasteiger partial charge >= 0.3 is 0 Å². The van der Waals surface area contributed by atoms with Crippen molar-refractivity contribution in [3.63, 3.8) is 0 Å². The third-order valence-electron chi connectivity index (χ3n) is 3.13. The van der Waals surface area contributed by atoms with Crippen molar-refractivity contribution in [2.24, 2.45) is 0 Å². The minimum atomic E-state index is 0.865. The van der Waals surface area contributed by atoms with Gasteiger partial charge in [-0.05, 0) is 66.1 Å². The maximum atomic E-state index is 4.61. The third kappa shape index (κ3) is 2.70. The fourth-order valence-electron chi connectivity index (χ4n) is 2.16. The Morgan fingerprint density at radius 3 is 2.35 bits per heavy atom. The molecule has 0 atom stereocenters. The molecule has 0 bridgehead atoms. The molecule has 0 spiro atoms. The second kappa shape index (κ2) is 5.21.